The van der Waals surface area contributed by atoms with Crippen LogP contribution in [0, 0.1) is 0 Å². The van der Waals surface area contributed by atoms with Gasteiger partial charge in [-0.25, -0.2) is 0 Å². The Kier molecular flexibility index (Phi) is 4.79. The second-order valence-electron chi connectivity index (χ2n) is 4.17. The zero-order valence-electron chi connectivity index (χ0n) is 10.7. The molecule has 0 heterocycles. The fourth-order valence-corrected chi connectivity index (χ4v) is 1.86. The molecule has 2 aromatic carbocycles. The van der Waals surface area contributed by atoms with Gasteiger partial charge >= 0.3 is 0 Å². The molecule has 18 heavy (non-hydrogen) atoms. The Morgan fingerprint density at radius 2 is 1.61 bits per heavy atom. The normalized spacial score (nSPS) is 10.3. The van der Waals surface area contributed by atoms with Crippen molar-refractivity contribution < 1.29 is 4.74 Å². The zero-order valence-corrected chi connectivity index (χ0v) is 10.7. The van der Waals surface area contributed by atoms with Crippen molar-refractivity contribution in [1.29, 1.82) is 0 Å². The SMILES string of the molecule is CCOc1cccc(CNCc2ccccc2)c1. The summed E-state index contributed by atoms with van der Waals surface area (Å²) in [5.41, 5.74) is 2.55. The Balaban J connectivity index is 1.84. The standard InChI is InChI=1S/C16H19NO/c1-2-18-16-10-6-9-15(11-16)13-17-12-14-7-4-3-5-8-14/h3-11,17H,2,12-13H2,1H3. The van der Waals surface area contributed by atoms with Crippen LogP contribution < -0.4 is 10.1 Å². The van der Waals surface area contributed by atoms with Gasteiger partial charge in [0.15, 0.2) is 0 Å². The molecule has 94 valence electrons. The Bertz CT molecular complexity index is 468. The first-order valence-corrected chi connectivity index (χ1v) is 6.35. The van der Waals surface area contributed by atoms with Crippen LogP contribution >= 0.6 is 0 Å². The number of nitrogens with one attached hydrogen (secondary N) is 1. The first kappa shape index (κ1) is 12.7. The van der Waals surface area contributed by atoms with Crippen LogP contribution in [0.25, 0.3) is 0 Å². The summed E-state index contributed by atoms with van der Waals surface area (Å²) >= 11 is 0. The maximum Gasteiger partial charge on any atom is 0.119 e. The molecule has 0 amide bonds. The van der Waals surface area contributed by atoms with Crippen molar-refractivity contribution in [2.75, 3.05) is 6.61 Å². The van der Waals surface area contributed by atoms with Gasteiger partial charge in [-0.15, -0.1) is 0 Å². The highest BCUT2D eigenvalue weighted by Crippen LogP contribution is 2.13. The van der Waals surface area contributed by atoms with E-state index in [-0.39, 0.29) is 0 Å². The molecular weight excluding hydrogens is 222 g/mol. The monoisotopic (exact) mass is 241 g/mol. The highest BCUT2D eigenvalue weighted by atomic mass is 16.5. The summed E-state index contributed by atoms with van der Waals surface area (Å²) in [6.45, 7) is 4.46. The van der Waals surface area contributed by atoms with E-state index in [0.717, 1.165) is 18.8 Å². The van der Waals surface area contributed by atoms with E-state index in [9.17, 15) is 0 Å². The average molecular weight is 241 g/mol. The molecule has 2 rings (SSSR count). The van der Waals surface area contributed by atoms with Crippen LogP contribution in [0.2, 0.25) is 0 Å². The minimum atomic E-state index is 0.709. The van der Waals surface area contributed by atoms with E-state index in [0.29, 0.717) is 6.61 Å². The lowest BCUT2D eigenvalue weighted by atomic mass is 10.2. The second-order valence-corrected chi connectivity index (χ2v) is 4.17. The number of hydrogen-bond donors (Lipinski definition) is 1. The number of benzene rings is 2. The van der Waals surface area contributed by atoms with E-state index in [1.807, 2.05) is 25.1 Å². The van der Waals surface area contributed by atoms with E-state index < -0.39 is 0 Å². The van der Waals surface area contributed by atoms with Crippen molar-refractivity contribution in [2.24, 2.45) is 0 Å². The smallest absolute Gasteiger partial charge is 0.119 e. The van der Waals surface area contributed by atoms with Crippen molar-refractivity contribution in [1.82, 2.24) is 5.32 Å². The average Bonchev–Trinajstić information content (AvgIpc) is 2.41. The Hall–Kier alpha value is -1.80. The predicted molar refractivity (Wildman–Crippen MR) is 74.6 cm³/mol. The minimum Gasteiger partial charge on any atom is -0.494 e. The molecule has 0 radical (unpaired) electrons. The highest BCUT2D eigenvalue weighted by molar-refractivity contribution is 5.28. The molecule has 0 aliphatic rings. The predicted octanol–water partition coefficient (Wildman–Crippen LogP) is 3.38. The van der Waals surface area contributed by atoms with E-state index in [4.69, 9.17) is 4.74 Å². The lowest BCUT2D eigenvalue weighted by molar-refractivity contribution is 0.340. The minimum absolute atomic E-state index is 0.709. The summed E-state index contributed by atoms with van der Waals surface area (Å²) in [5.74, 6) is 0.941. The maximum absolute atomic E-state index is 5.48. The molecule has 0 bridgehead atoms. The molecule has 1 N–H and O–H groups in total. The van der Waals surface area contributed by atoms with Gasteiger partial charge in [0.05, 0.1) is 6.61 Å². The third-order valence-electron chi connectivity index (χ3n) is 2.71. The van der Waals surface area contributed by atoms with Crippen LogP contribution in [0.1, 0.15) is 18.1 Å². The van der Waals surface area contributed by atoms with Crippen molar-refractivity contribution in [3.05, 3.63) is 65.7 Å². The van der Waals surface area contributed by atoms with Gasteiger partial charge in [0.1, 0.15) is 5.75 Å². The van der Waals surface area contributed by atoms with Crippen molar-refractivity contribution in [3.63, 3.8) is 0 Å². The summed E-state index contributed by atoms with van der Waals surface area (Å²) in [7, 11) is 0. The summed E-state index contributed by atoms with van der Waals surface area (Å²) < 4.78 is 5.48. The molecule has 0 saturated carbocycles. The molecule has 0 aliphatic carbocycles. The molecule has 0 unspecified atom stereocenters. The topological polar surface area (TPSA) is 21.3 Å². The van der Waals surface area contributed by atoms with Crippen LogP contribution in [0.5, 0.6) is 5.75 Å². The Morgan fingerprint density at radius 1 is 0.889 bits per heavy atom. The van der Waals surface area contributed by atoms with Crippen molar-refractivity contribution in [3.8, 4) is 5.75 Å². The number of rotatable bonds is 6. The van der Waals surface area contributed by atoms with Gasteiger partial charge in [-0.2, -0.15) is 0 Å². The molecular formula is C16H19NO. The first-order valence-electron chi connectivity index (χ1n) is 6.35. The van der Waals surface area contributed by atoms with Crippen LogP contribution in [0.4, 0.5) is 0 Å². The van der Waals surface area contributed by atoms with Crippen LogP contribution in [0.15, 0.2) is 54.6 Å². The maximum atomic E-state index is 5.48. The molecule has 0 aromatic heterocycles. The van der Waals surface area contributed by atoms with Crippen molar-refractivity contribution in [2.45, 2.75) is 20.0 Å². The van der Waals surface area contributed by atoms with E-state index in [1.54, 1.807) is 0 Å². The fourth-order valence-electron chi connectivity index (χ4n) is 1.86. The molecule has 0 spiro atoms. The molecule has 0 saturated heterocycles. The molecule has 2 heteroatoms. The molecule has 0 fully saturated rings. The quantitative estimate of drug-likeness (QED) is 0.837. The summed E-state index contributed by atoms with van der Waals surface area (Å²) in [4.78, 5) is 0. The summed E-state index contributed by atoms with van der Waals surface area (Å²) in [6.07, 6.45) is 0. The lowest BCUT2D eigenvalue weighted by Crippen LogP contribution is -2.12. The van der Waals surface area contributed by atoms with Crippen LogP contribution in [-0.4, -0.2) is 6.61 Å². The highest BCUT2D eigenvalue weighted by Gasteiger charge is 1.96. The summed E-state index contributed by atoms with van der Waals surface area (Å²) in [5, 5.41) is 3.43. The number of hydrogen-bond acceptors (Lipinski definition) is 2. The largest absolute Gasteiger partial charge is 0.494 e. The van der Waals surface area contributed by atoms with Gasteiger partial charge in [-0.3, -0.25) is 0 Å². The van der Waals surface area contributed by atoms with E-state index in [2.05, 4.69) is 41.7 Å². The summed E-state index contributed by atoms with van der Waals surface area (Å²) in [6, 6.07) is 18.6. The first-order chi connectivity index (χ1) is 8.88. The van der Waals surface area contributed by atoms with Crippen LogP contribution in [0.3, 0.4) is 0 Å². The van der Waals surface area contributed by atoms with E-state index in [1.165, 1.54) is 11.1 Å². The Labute approximate surface area is 109 Å². The van der Waals surface area contributed by atoms with Gasteiger partial charge in [0.25, 0.3) is 0 Å². The third kappa shape index (κ3) is 3.90. The fraction of sp³-hybridized carbons (Fsp3) is 0.250. The van der Waals surface area contributed by atoms with Crippen molar-refractivity contribution >= 4 is 0 Å². The zero-order chi connectivity index (χ0) is 12.6. The molecule has 0 atom stereocenters. The second kappa shape index (κ2) is 6.82. The van der Waals surface area contributed by atoms with E-state index >= 15 is 0 Å². The molecule has 2 nitrogen and oxygen atoms in total. The molecule has 2 aromatic rings. The molecule has 0 aliphatic heterocycles. The third-order valence-corrected chi connectivity index (χ3v) is 2.71. The van der Waals surface area contributed by atoms with Crippen LogP contribution in [-0.2, 0) is 13.1 Å². The van der Waals surface area contributed by atoms with Gasteiger partial charge in [0, 0.05) is 13.1 Å². The number of ether oxygens (including phenoxy) is 1. The van der Waals surface area contributed by atoms with Gasteiger partial charge in [0.2, 0.25) is 0 Å². The van der Waals surface area contributed by atoms with Gasteiger partial charge < -0.3 is 10.1 Å². The van der Waals surface area contributed by atoms with Gasteiger partial charge in [-0.05, 0) is 30.2 Å². The lowest BCUT2D eigenvalue weighted by Gasteiger charge is -2.07. The van der Waals surface area contributed by atoms with Gasteiger partial charge in [-0.1, -0.05) is 42.5 Å². The Morgan fingerprint density at radius 3 is 2.39 bits per heavy atom.